The van der Waals surface area contributed by atoms with Crippen molar-refractivity contribution in [1.29, 1.82) is 0 Å². The van der Waals surface area contributed by atoms with Crippen LogP contribution in [0.25, 0.3) is 0 Å². The fraction of sp³-hybridized carbons (Fsp3) is 1.00. The highest BCUT2D eigenvalue weighted by molar-refractivity contribution is 5.00. The molecule has 0 fully saturated rings. The van der Waals surface area contributed by atoms with Crippen molar-refractivity contribution in [1.82, 2.24) is 0 Å². The van der Waals surface area contributed by atoms with Crippen LogP contribution in [0.5, 0.6) is 0 Å². The van der Waals surface area contributed by atoms with Gasteiger partial charge < -0.3 is 0 Å². The molecule has 0 heteroatoms. The molecule has 0 aromatic heterocycles. The van der Waals surface area contributed by atoms with Crippen molar-refractivity contribution in [3.63, 3.8) is 0 Å². The Morgan fingerprint density at radius 3 is 1.67 bits per heavy atom. The number of hydrogen-bond donors (Lipinski definition) is 0. The smallest absolute Gasteiger partial charge is 0.0221 e. The van der Waals surface area contributed by atoms with E-state index in [-0.39, 0.29) is 0 Å². The van der Waals surface area contributed by atoms with Crippen LogP contribution >= 0.6 is 0 Å². The average molecular weight is 297 g/mol. The van der Waals surface area contributed by atoms with Crippen LogP contribution in [0.1, 0.15) is 114 Å². The molecule has 2 unspecified atom stereocenters. The van der Waals surface area contributed by atoms with Gasteiger partial charge in [0, 0.05) is 0 Å². The topological polar surface area (TPSA) is 0 Å². The Balaban J connectivity index is 5.42. The molecule has 0 heterocycles. The van der Waals surface area contributed by atoms with Crippen LogP contribution in [-0.2, 0) is 0 Å². The first-order chi connectivity index (χ1) is 9.60. The van der Waals surface area contributed by atoms with Gasteiger partial charge in [-0.25, -0.2) is 0 Å². The Hall–Kier alpha value is 0. The maximum atomic E-state index is 2.61. The fourth-order valence-corrected chi connectivity index (χ4v) is 4.62. The van der Waals surface area contributed by atoms with Crippen molar-refractivity contribution >= 4 is 0 Å². The molecular formula is C21H44. The Kier molecular flexibility index (Phi) is 8.59. The minimum atomic E-state index is 0.429. The van der Waals surface area contributed by atoms with E-state index >= 15 is 0 Å². The monoisotopic (exact) mass is 296 g/mol. The van der Waals surface area contributed by atoms with Crippen molar-refractivity contribution < 1.29 is 0 Å². The Bertz CT molecular complexity index is 276. The summed E-state index contributed by atoms with van der Waals surface area (Å²) in [7, 11) is 0. The van der Waals surface area contributed by atoms with Gasteiger partial charge in [0.25, 0.3) is 0 Å². The summed E-state index contributed by atoms with van der Waals surface area (Å²) in [6, 6.07) is 0. The molecule has 0 aliphatic rings. The second-order valence-electron chi connectivity index (χ2n) is 8.92. The minimum absolute atomic E-state index is 0.429. The van der Waals surface area contributed by atoms with Crippen LogP contribution in [0.2, 0.25) is 0 Å². The predicted octanol–water partition coefficient (Wildman–Crippen LogP) is 7.86. The maximum absolute atomic E-state index is 2.61. The summed E-state index contributed by atoms with van der Waals surface area (Å²) in [6.45, 7) is 22.1. The van der Waals surface area contributed by atoms with Gasteiger partial charge in [0.15, 0.2) is 0 Å². The van der Waals surface area contributed by atoms with Gasteiger partial charge >= 0.3 is 0 Å². The first-order valence-corrected chi connectivity index (χ1v) is 9.60. The van der Waals surface area contributed by atoms with Gasteiger partial charge in [-0.3, -0.25) is 0 Å². The molecule has 0 spiro atoms. The zero-order valence-corrected chi connectivity index (χ0v) is 16.7. The van der Waals surface area contributed by atoms with Gasteiger partial charge in [-0.1, -0.05) is 94.4 Å². The van der Waals surface area contributed by atoms with Crippen molar-refractivity contribution in [2.75, 3.05) is 0 Å². The highest BCUT2D eigenvalue weighted by Gasteiger charge is 2.50. The Morgan fingerprint density at radius 2 is 1.29 bits per heavy atom. The lowest BCUT2D eigenvalue weighted by Crippen LogP contribution is -2.48. The van der Waals surface area contributed by atoms with E-state index in [0.717, 1.165) is 5.92 Å². The van der Waals surface area contributed by atoms with Gasteiger partial charge in [0.1, 0.15) is 0 Å². The Morgan fingerprint density at radius 1 is 0.762 bits per heavy atom. The molecule has 0 N–H and O–H groups in total. The molecule has 0 aromatic carbocycles. The lowest BCUT2D eigenvalue weighted by Gasteiger charge is -2.56. The van der Waals surface area contributed by atoms with Gasteiger partial charge in [0.05, 0.1) is 0 Å². The van der Waals surface area contributed by atoms with E-state index < -0.39 is 0 Å². The molecule has 128 valence electrons. The molecular weight excluding hydrogens is 252 g/mol. The average Bonchev–Trinajstić information content (AvgIpc) is 2.37. The molecule has 2 atom stereocenters. The molecule has 0 saturated heterocycles. The van der Waals surface area contributed by atoms with E-state index in [2.05, 4.69) is 62.3 Å². The predicted molar refractivity (Wildman–Crippen MR) is 98.8 cm³/mol. The first-order valence-electron chi connectivity index (χ1n) is 9.60. The summed E-state index contributed by atoms with van der Waals surface area (Å²) in [5.41, 5.74) is 1.34. The van der Waals surface area contributed by atoms with E-state index in [1.807, 2.05) is 0 Å². The SMILES string of the molecule is CCCC(C)(C)C(C)(CCCC(C)C)C(C)(CC)CCC. The summed E-state index contributed by atoms with van der Waals surface area (Å²) in [6.07, 6.45) is 10.8. The summed E-state index contributed by atoms with van der Waals surface area (Å²) in [4.78, 5) is 0. The van der Waals surface area contributed by atoms with E-state index in [0.29, 0.717) is 16.2 Å². The van der Waals surface area contributed by atoms with Crippen LogP contribution in [0.3, 0.4) is 0 Å². The third kappa shape index (κ3) is 5.00. The van der Waals surface area contributed by atoms with Crippen LogP contribution in [0.15, 0.2) is 0 Å². The van der Waals surface area contributed by atoms with E-state index in [9.17, 15) is 0 Å². The molecule has 0 nitrogen and oxygen atoms in total. The minimum Gasteiger partial charge on any atom is -0.0654 e. The molecule has 0 rings (SSSR count). The summed E-state index contributed by atoms with van der Waals surface area (Å²) >= 11 is 0. The quantitative estimate of drug-likeness (QED) is 0.364. The standard InChI is InChI=1S/C21H44/c1-10-15-19(6,7)21(9,17-13-14-18(4)5)20(8,12-3)16-11-2/h18H,10-17H2,1-9H3. The summed E-state index contributed by atoms with van der Waals surface area (Å²) < 4.78 is 0. The van der Waals surface area contributed by atoms with Gasteiger partial charge in [-0.2, -0.15) is 0 Å². The van der Waals surface area contributed by atoms with Crippen molar-refractivity contribution in [3.05, 3.63) is 0 Å². The van der Waals surface area contributed by atoms with Crippen molar-refractivity contribution in [2.45, 2.75) is 114 Å². The molecule has 0 bridgehead atoms. The number of rotatable bonds is 11. The van der Waals surface area contributed by atoms with E-state index in [1.54, 1.807) is 0 Å². The second-order valence-corrected chi connectivity index (χ2v) is 8.92. The lowest BCUT2D eigenvalue weighted by molar-refractivity contribution is -0.0703. The number of hydrogen-bond acceptors (Lipinski definition) is 0. The zero-order valence-electron chi connectivity index (χ0n) is 16.7. The van der Waals surface area contributed by atoms with Crippen LogP contribution in [-0.4, -0.2) is 0 Å². The molecule has 0 amide bonds. The molecule has 21 heavy (non-hydrogen) atoms. The lowest BCUT2D eigenvalue weighted by atomic mass is 9.48. The first kappa shape index (κ1) is 21.0. The van der Waals surface area contributed by atoms with Crippen molar-refractivity contribution in [3.8, 4) is 0 Å². The molecule has 0 aliphatic carbocycles. The normalized spacial score (nSPS) is 18.6. The van der Waals surface area contributed by atoms with Crippen LogP contribution in [0.4, 0.5) is 0 Å². The maximum Gasteiger partial charge on any atom is -0.0221 e. The summed E-state index contributed by atoms with van der Waals surface area (Å²) in [5.74, 6) is 0.836. The largest absolute Gasteiger partial charge is 0.0654 e. The van der Waals surface area contributed by atoms with E-state index in [4.69, 9.17) is 0 Å². The molecule has 0 radical (unpaired) electrons. The third-order valence-electron chi connectivity index (χ3n) is 6.74. The zero-order chi connectivity index (χ0) is 16.7. The van der Waals surface area contributed by atoms with Gasteiger partial charge in [-0.05, 0) is 41.4 Å². The molecule has 0 aromatic rings. The fourth-order valence-electron chi connectivity index (χ4n) is 4.62. The third-order valence-corrected chi connectivity index (χ3v) is 6.74. The van der Waals surface area contributed by atoms with Crippen LogP contribution in [0, 0.1) is 22.2 Å². The van der Waals surface area contributed by atoms with Crippen molar-refractivity contribution in [2.24, 2.45) is 22.2 Å². The summed E-state index contributed by atoms with van der Waals surface area (Å²) in [5, 5.41) is 0. The highest BCUT2D eigenvalue weighted by atomic mass is 14.6. The second kappa shape index (κ2) is 8.59. The van der Waals surface area contributed by atoms with E-state index in [1.165, 1.54) is 51.4 Å². The van der Waals surface area contributed by atoms with Gasteiger partial charge in [0.2, 0.25) is 0 Å². The van der Waals surface area contributed by atoms with Gasteiger partial charge in [-0.15, -0.1) is 0 Å². The molecule has 0 saturated carbocycles. The van der Waals surface area contributed by atoms with Crippen LogP contribution < -0.4 is 0 Å². The molecule has 0 aliphatic heterocycles. The Labute approximate surface area is 136 Å². The highest BCUT2D eigenvalue weighted by Crippen LogP contribution is 2.59.